The second-order valence-electron chi connectivity index (χ2n) is 13.6. The number of methoxy groups -OCH3 is 2. The van der Waals surface area contributed by atoms with E-state index in [1.165, 1.54) is 7.11 Å². The summed E-state index contributed by atoms with van der Waals surface area (Å²) in [5, 5.41) is 2.99. The van der Waals surface area contributed by atoms with Crippen LogP contribution in [-0.2, 0) is 46.5 Å². The van der Waals surface area contributed by atoms with Crippen LogP contribution in [0.3, 0.4) is 0 Å². The number of rotatable bonds is 8. The van der Waals surface area contributed by atoms with Gasteiger partial charge in [-0.2, -0.15) is 0 Å². The van der Waals surface area contributed by atoms with Gasteiger partial charge in [0.2, 0.25) is 17.7 Å². The highest BCUT2D eigenvalue weighted by Crippen LogP contribution is 2.53. The molecule has 270 valence electrons. The molecule has 0 unspecified atom stereocenters. The van der Waals surface area contributed by atoms with Crippen molar-refractivity contribution in [2.75, 3.05) is 27.4 Å². The molecule has 2 saturated heterocycles. The van der Waals surface area contributed by atoms with Gasteiger partial charge >= 0.3 is 5.97 Å². The molecule has 4 aliphatic heterocycles. The Bertz CT molecular complexity index is 1830. The standard InChI is InChI=1S/C41H43N3O8/c1-49-26-31-36(29-14-7-4-8-15-29)51-40(48)34-32(16-9-10-17-33(45)42-31)52-41-22-11-23-43(24-27-12-5-3-6-13-27)39(47)37(41)44(38(46)35(34)41)25-28-18-20-30(50-2)21-19-28/h3-9,11-16,18-22,31-32,34-37H,10,17,23-26H2,1-2H3,(H,42,45)/b16-9+/t31-,32-,34+,35+,36-,37-,41+/m0/s1. The number of carbonyl (C=O) groups excluding carboxylic acids is 4. The molecule has 0 radical (unpaired) electrons. The number of allylic oxidation sites excluding steroid dienone is 1. The molecule has 1 spiro atoms. The van der Waals surface area contributed by atoms with Gasteiger partial charge in [0, 0.05) is 33.2 Å². The number of cyclic esters (lactones) is 1. The van der Waals surface area contributed by atoms with Crippen LogP contribution >= 0.6 is 0 Å². The number of nitrogens with zero attached hydrogens (tertiary/aromatic N) is 2. The van der Waals surface area contributed by atoms with E-state index >= 15 is 0 Å². The topological polar surface area (TPSA) is 124 Å². The summed E-state index contributed by atoms with van der Waals surface area (Å²) in [4.78, 5) is 60.8. The third kappa shape index (κ3) is 6.73. The van der Waals surface area contributed by atoms with Gasteiger partial charge in [0.15, 0.2) is 0 Å². The lowest BCUT2D eigenvalue weighted by atomic mass is 9.77. The lowest BCUT2D eigenvalue weighted by Gasteiger charge is -2.35. The van der Waals surface area contributed by atoms with E-state index in [1.807, 2.05) is 97.1 Å². The van der Waals surface area contributed by atoms with Crippen LogP contribution in [0.5, 0.6) is 5.75 Å². The molecular formula is C41H43N3O8. The summed E-state index contributed by atoms with van der Waals surface area (Å²) >= 11 is 0. The number of nitrogens with one attached hydrogen (secondary N) is 1. The maximum absolute atomic E-state index is 14.9. The van der Waals surface area contributed by atoms with Crippen LogP contribution in [0, 0.1) is 11.8 Å². The van der Waals surface area contributed by atoms with Crippen LogP contribution in [0.4, 0.5) is 0 Å². The van der Waals surface area contributed by atoms with Gasteiger partial charge in [-0.25, -0.2) is 0 Å². The molecule has 0 aromatic heterocycles. The average Bonchev–Trinajstić information content (AvgIpc) is 3.54. The third-order valence-electron chi connectivity index (χ3n) is 10.4. The fourth-order valence-corrected chi connectivity index (χ4v) is 7.98. The molecular weight excluding hydrogens is 662 g/mol. The van der Waals surface area contributed by atoms with E-state index in [2.05, 4.69) is 5.32 Å². The number of amides is 3. The summed E-state index contributed by atoms with van der Waals surface area (Å²) in [6, 6.07) is 24.4. The largest absolute Gasteiger partial charge is 0.497 e. The van der Waals surface area contributed by atoms with Gasteiger partial charge in [-0.05, 0) is 35.2 Å². The number of hydrogen-bond donors (Lipinski definition) is 1. The van der Waals surface area contributed by atoms with Gasteiger partial charge in [-0.3, -0.25) is 19.2 Å². The van der Waals surface area contributed by atoms with Crippen molar-refractivity contribution >= 4 is 23.7 Å². The molecule has 3 aromatic rings. The van der Waals surface area contributed by atoms with Gasteiger partial charge in [-0.15, -0.1) is 0 Å². The first-order valence-electron chi connectivity index (χ1n) is 17.6. The monoisotopic (exact) mass is 705 g/mol. The minimum atomic E-state index is -1.47. The Hall–Kier alpha value is -5.26. The SMILES string of the molecule is COC[C@@H]1NC(=O)CC/C=C/[C@@H]2O[C@@]34C=CCN(Cc5ccccc5)C(=O)[C@@H]3N(Cc3ccc(OC)cc3)C(=O)[C@H]4[C@@H]2C(=O)O[C@H]1c1ccccc1. The second kappa shape index (κ2) is 15.1. The van der Waals surface area contributed by atoms with Crippen molar-refractivity contribution in [3.05, 3.63) is 126 Å². The highest BCUT2D eigenvalue weighted by atomic mass is 16.6. The first kappa shape index (κ1) is 35.2. The van der Waals surface area contributed by atoms with Crippen molar-refractivity contribution in [3.8, 4) is 5.75 Å². The molecule has 11 nitrogen and oxygen atoms in total. The summed E-state index contributed by atoms with van der Waals surface area (Å²) in [6.07, 6.45) is 5.95. The number of carbonyl (C=O) groups is 4. The van der Waals surface area contributed by atoms with Crippen LogP contribution in [0.2, 0.25) is 0 Å². The van der Waals surface area contributed by atoms with Crippen molar-refractivity contribution in [3.63, 3.8) is 0 Å². The van der Waals surface area contributed by atoms with E-state index in [4.69, 9.17) is 18.9 Å². The average molecular weight is 706 g/mol. The number of benzene rings is 3. The quantitative estimate of drug-likeness (QED) is 0.274. The summed E-state index contributed by atoms with van der Waals surface area (Å²) in [5.41, 5.74) is 0.935. The van der Waals surface area contributed by atoms with Crippen LogP contribution in [0.15, 0.2) is 109 Å². The maximum Gasteiger partial charge on any atom is 0.313 e. The molecule has 0 aliphatic carbocycles. The van der Waals surface area contributed by atoms with Crippen molar-refractivity contribution in [1.29, 1.82) is 0 Å². The van der Waals surface area contributed by atoms with Crippen molar-refractivity contribution in [2.45, 2.75) is 55.8 Å². The summed E-state index contributed by atoms with van der Waals surface area (Å²) in [7, 11) is 3.10. The minimum Gasteiger partial charge on any atom is -0.497 e. The Kier molecular flexibility index (Phi) is 10.2. The molecule has 7 rings (SSSR count). The van der Waals surface area contributed by atoms with Crippen molar-refractivity contribution in [2.24, 2.45) is 11.8 Å². The highest BCUT2D eigenvalue weighted by molar-refractivity contribution is 5.99. The Labute approximate surface area is 303 Å². The third-order valence-corrected chi connectivity index (χ3v) is 10.4. The number of ether oxygens (including phenoxy) is 4. The number of likely N-dealkylation sites (tertiary alicyclic amines) is 1. The van der Waals surface area contributed by atoms with Crippen molar-refractivity contribution < 1.29 is 38.1 Å². The lowest BCUT2D eigenvalue weighted by Crippen LogP contribution is -2.54. The molecule has 2 fully saturated rings. The van der Waals surface area contributed by atoms with Gasteiger partial charge < -0.3 is 34.1 Å². The summed E-state index contributed by atoms with van der Waals surface area (Å²) in [6.45, 7) is 0.828. The van der Waals surface area contributed by atoms with E-state index in [1.54, 1.807) is 29.1 Å². The zero-order chi connectivity index (χ0) is 36.2. The van der Waals surface area contributed by atoms with E-state index in [9.17, 15) is 19.2 Å². The first-order valence-corrected chi connectivity index (χ1v) is 17.6. The predicted molar refractivity (Wildman–Crippen MR) is 190 cm³/mol. The Morgan fingerprint density at radius 1 is 0.846 bits per heavy atom. The molecule has 0 bridgehead atoms. The number of esters is 1. The lowest BCUT2D eigenvalue weighted by molar-refractivity contribution is -0.162. The molecule has 4 heterocycles. The molecule has 0 saturated carbocycles. The molecule has 3 aromatic carbocycles. The highest BCUT2D eigenvalue weighted by Gasteiger charge is 2.71. The molecule has 11 heteroatoms. The Morgan fingerprint density at radius 3 is 2.27 bits per heavy atom. The number of fused-ring (bicyclic) bond motifs is 2. The minimum absolute atomic E-state index is 0.0809. The second-order valence-corrected chi connectivity index (χ2v) is 13.6. The van der Waals surface area contributed by atoms with E-state index in [-0.39, 0.29) is 37.3 Å². The summed E-state index contributed by atoms with van der Waals surface area (Å²) in [5.74, 6) is -3.01. The van der Waals surface area contributed by atoms with Crippen LogP contribution in [-0.4, -0.2) is 84.7 Å². The fourth-order valence-electron chi connectivity index (χ4n) is 7.98. The van der Waals surface area contributed by atoms with Crippen LogP contribution < -0.4 is 10.1 Å². The molecule has 4 aliphatic rings. The smallest absolute Gasteiger partial charge is 0.313 e. The van der Waals surface area contributed by atoms with Gasteiger partial charge in [-0.1, -0.05) is 97.1 Å². The number of hydrogen-bond acceptors (Lipinski definition) is 8. The van der Waals surface area contributed by atoms with E-state index in [0.717, 1.165) is 11.1 Å². The first-order chi connectivity index (χ1) is 25.3. The van der Waals surface area contributed by atoms with E-state index < -0.39 is 47.7 Å². The maximum atomic E-state index is 14.9. The van der Waals surface area contributed by atoms with Crippen molar-refractivity contribution in [1.82, 2.24) is 15.1 Å². The van der Waals surface area contributed by atoms with Gasteiger partial charge in [0.25, 0.3) is 0 Å². The van der Waals surface area contributed by atoms with Crippen LogP contribution in [0.1, 0.15) is 35.6 Å². The molecule has 3 amide bonds. The molecule has 1 N–H and O–H groups in total. The Balaban J connectivity index is 1.31. The van der Waals surface area contributed by atoms with Crippen LogP contribution in [0.25, 0.3) is 0 Å². The van der Waals surface area contributed by atoms with E-state index in [0.29, 0.717) is 30.8 Å². The fraction of sp³-hybridized carbons (Fsp3) is 0.366. The Morgan fingerprint density at radius 2 is 1.56 bits per heavy atom. The summed E-state index contributed by atoms with van der Waals surface area (Å²) < 4.78 is 24.1. The molecule has 7 atom stereocenters. The van der Waals surface area contributed by atoms with Gasteiger partial charge in [0.05, 0.1) is 31.8 Å². The zero-order valence-electron chi connectivity index (χ0n) is 29.3. The zero-order valence-corrected chi connectivity index (χ0v) is 29.3. The van der Waals surface area contributed by atoms with Gasteiger partial charge in [0.1, 0.15) is 29.4 Å². The predicted octanol–water partition coefficient (Wildman–Crippen LogP) is 4.14. The molecule has 52 heavy (non-hydrogen) atoms. The normalized spacial score (nSPS) is 29.5.